The number of Topliss-reactive ketones (excluding diaryl/α,β-unsaturated/α-hetero) is 1. The van der Waals surface area contributed by atoms with E-state index < -0.39 is 32.6 Å². The first-order valence-corrected chi connectivity index (χ1v) is 10.6. The first-order chi connectivity index (χ1) is 16.2. The van der Waals surface area contributed by atoms with Gasteiger partial charge in [-0.1, -0.05) is 23.2 Å². The third-order valence-electron chi connectivity index (χ3n) is 4.17. The van der Waals surface area contributed by atoms with E-state index in [9.17, 15) is 34.6 Å². The van der Waals surface area contributed by atoms with Crippen molar-refractivity contribution in [2.24, 2.45) is 0 Å². The summed E-state index contributed by atoms with van der Waals surface area (Å²) in [7, 11) is 0. The van der Waals surface area contributed by atoms with Gasteiger partial charge in [-0.15, -0.1) is 0 Å². The molecule has 0 radical (unpaired) electrons. The molecule has 2 aromatic carbocycles. The predicted octanol–water partition coefficient (Wildman–Crippen LogP) is 5.64. The predicted molar refractivity (Wildman–Crippen MR) is 125 cm³/mol. The van der Waals surface area contributed by atoms with Crippen LogP contribution < -0.4 is 0 Å². The number of cyclic esters (lactones) is 1. The number of allylic oxidation sites excluding steroid dienone is 1. The smallest absolute Gasteiger partial charge is 0.337 e. The molecule has 1 heterocycles. The number of hydrogen-bond acceptors (Lipinski definition) is 9. The first kappa shape index (κ1) is 27.7. The van der Waals surface area contributed by atoms with Gasteiger partial charge in [0.1, 0.15) is 5.76 Å². The molecule has 3 rings (SSSR count). The molecule has 11 nitrogen and oxygen atoms in total. The lowest BCUT2D eigenvalue weighted by Crippen LogP contribution is -2.34. The fraction of sp³-hybridized carbons (Fsp3) is 0.190. The van der Waals surface area contributed by atoms with Crippen LogP contribution in [0.3, 0.4) is 0 Å². The van der Waals surface area contributed by atoms with E-state index in [1.165, 1.54) is 38.1 Å². The molecule has 0 amide bonds. The van der Waals surface area contributed by atoms with E-state index in [0.717, 1.165) is 18.2 Å². The normalized spacial score (nSPS) is 13.9. The third-order valence-corrected chi connectivity index (χ3v) is 5.03. The van der Waals surface area contributed by atoms with Crippen LogP contribution in [0.5, 0.6) is 0 Å². The summed E-state index contributed by atoms with van der Waals surface area (Å²) in [4.78, 5) is 54.2. The second-order valence-corrected chi connectivity index (χ2v) is 8.41. The number of ketones is 1. The Kier molecular flexibility index (Phi) is 8.91. The Morgan fingerprint density at radius 2 is 1.40 bits per heavy atom. The number of benzene rings is 2. The van der Waals surface area contributed by atoms with Crippen LogP contribution in [-0.4, -0.2) is 32.6 Å². The van der Waals surface area contributed by atoms with E-state index in [4.69, 9.17) is 44.3 Å². The highest BCUT2D eigenvalue weighted by molar-refractivity contribution is 6.68. The number of halogens is 3. The van der Waals surface area contributed by atoms with Crippen molar-refractivity contribution in [1.29, 1.82) is 0 Å². The van der Waals surface area contributed by atoms with Gasteiger partial charge in [-0.3, -0.25) is 29.8 Å². The zero-order valence-electron chi connectivity index (χ0n) is 18.0. The molecule has 0 saturated carbocycles. The summed E-state index contributed by atoms with van der Waals surface area (Å²) in [5.74, 6) is -2.17. The molecule has 184 valence electrons. The summed E-state index contributed by atoms with van der Waals surface area (Å²) >= 11 is 16.6. The lowest BCUT2D eigenvalue weighted by molar-refractivity contribution is -0.385. The number of esters is 1. The summed E-state index contributed by atoms with van der Waals surface area (Å²) in [6.45, 7) is 3.06. The van der Waals surface area contributed by atoms with Crippen molar-refractivity contribution in [2.45, 2.75) is 26.1 Å². The van der Waals surface area contributed by atoms with Crippen molar-refractivity contribution in [2.75, 3.05) is 0 Å². The highest BCUT2D eigenvalue weighted by Crippen LogP contribution is 2.28. The zero-order valence-corrected chi connectivity index (χ0v) is 20.2. The van der Waals surface area contributed by atoms with Gasteiger partial charge in [-0.25, -0.2) is 4.79 Å². The number of hydrogen-bond donors (Lipinski definition) is 0. The Balaban J connectivity index is 0.000000283. The molecule has 0 spiro atoms. The average Bonchev–Trinajstić information content (AvgIpc) is 2.72. The Hall–Kier alpha value is -3.54. The van der Waals surface area contributed by atoms with Crippen molar-refractivity contribution in [3.63, 3.8) is 0 Å². The van der Waals surface area contributed by atoms with Crippen molar-refractivity contribution >= 4 is 63.2 Å². The number of nitro groups is 2. The van der Waals surface area contributed by atoms with Gasteiger partial charge in [0, 0.05) is 43.7 Å². The fourth-order valence-electron chi connectivity index (χ4n) is 2.73. The fourth-order valence-corrected chi connectivity index (χ4v) is 3.36. The van der Waals surface area contributed by atoms with E-state index in [2.05, 4.69) is 0 Å². The Morgan fingerprint density at radius 1 is 0.914 bits per heavy atom. The van der Waals surface area contributed by atoms with Crippen molar-refractivity contribution in [1.82, 2.24) is 0 Å². The maximum atomic E-state index is 12.2. The standard InChI is InChI=1S/C14H12ClNO6.C7H3Cl2NO3/c1-14(2)21-9(7-13(18)22-14)6-12(17)10-5-8(16(19)20)3-4-11(10)15;8-6-2-1-4(10(12)13)3-5(6)7(9)11/h3-5,7H,6H2,1-2H3;1-3H. The van der Waals surface area contributed by atoms with Crippen LogP contribution in [-0.2, 0) is 14.3 Å². The molecule has 0 N–H and O–H groups in total. The van der Waals surface area contributed by atoms with Crippen LogP contribution in [0.15, 0.2) is 48.2 Å². The molecule has 0 saturated heterocycles. The molecule has 1 aliphatic rings. The van der Waals surface area contributed by atoms with Crippen molar-refractivity contribution in [3.8, 4) is 0 Å². The number of nitrogens with zero attached hydrogens (tertiary/aromatic N) is 2. The Morgan fingerprint density at radius 3 is 1.86 bits per heavy atom. The summed E-state index contributed by atoms with van der Waals surface area (Å²) in [6, 6.07) is 7.08. The van der Waals surface area contributed by atoms with Crippen LogP contribution in [0.2, 0.25) is 10.0 Å². The van der Waals surface area contributed by atoms with Crippen LogP contribution >= 0.6 is 34.8 Å². The van der Waals surface area contributed by atoms with E-state index in [1.54, 1.807) is 0 Å². The van der Waals surface area contributed by atoms with Gasteiger partial charge in [-0.05, 0) is 23.7 Å². The van der Waals surface area contributed by atoms with E-state index in [0.29, 0.717) is 0 Å². The molecular formula is C21H15Cl3N2O9. The molecule has 35 heavy (non-hydrogen) atoms. The minimum absolute atomic E-state index is 0.00267. The van der Waals surface area contributed by atoms with E-state index in [-0.39, 0.29) is 44.7 Å². The SMILES string of the molecule is CC1(C)OC(=O)C=C(CC(=O)c2cc([N+](=O)[O-])ccc2Cl)O1.O=C(Cl)c1cc([N+](=O)[O-])ccc1Cl. The number of carbonyl (C=O) groups is 3. The molecule has 0 aliphatic carbocycles. The highest BCUT2D eigenvalue weighted by atomic mass is 35.5. The maximum Gasteiger partial charge on any atom is 0.337 e. The third kappa shape index (κ3) is 7.74. The van der Waals surface area contributed by atoms with Gasteiger partial charge in [0.25, 0.3) is 16.6 Å². The number of ether oxygens (including phenoxy) is 2. The van der Waals surface area contributed by atoms with Crippen LogP contribution in [0.1, 0.15) is 41.0 Å². The lowest BCUT2D eigenvalue weighted by atomic mass is 10.1. The highest BCUT2D eigenvalue weighted by Gasteiger charge is 2.31. The maximum absolute atomic E-state index is 12.2. The van der Waals surface area contributed by atoms with Gasteiger partial charge in [0.2, 0.25) is 5.79 Å². The molecule has 0 atom stereocenters. The molecule has 0 aromatic heterocycles. The summed E-state index contributed by atoms with van der Waals surface area (Å²) in [5.41, 5.74) is -0.519. The second kappa shape index (κ2) is 11.3. The molecule has 0 unspecified atom stereocenters. The number of carbonyl (C=O) groups excluding carboxylic acids is 3. The van der Waals surface area contributed by atoms with Crippen LogP contribution in [0.25, 0.3) is 0 Å². The summed E-state index contributed by atoms with van der Waals surface area (Å²) in [5, 5.41) is 20.4. The zero-order chi connectivity index (χ0) is 26.5. The lowest BCUT2D eigenvalue weighted by Gasteiger charge is -2.30. The average molecular weight is 546 g/mol. The molecule has 0 bridgehead atoms. The van der Waals surface area contributed by atoms with Crippen molar-refractivity contribution in [3.05, 3.63) is 89.6 Å². The van der Waals surface area contributed by atoms with Gasteiger partial charge in [-0.2, -0.15) is 0 Å². The molecule has 2 aromatic rings. The summed E-state index contributed by atoms with van der Waals surface area (Å²) in [6.07, 6.45) is 0.813. The number of nitro benzene ring substituents is 2. The number of non-ortho nitro benzene ring substituents is 2. The van der Waals surface area contributed by atoms with Crippen molar-refractivity contribution < 1.29 is 33.7 Å². The van der Waals surface area contributed by atoms with Crippen LogP contribution in [0, 0.1) is 20.2 Å². The van der Waals surface area contributed by atoms with E-state index >= 15 is 0 Å². The summed E-state index contributed by atoms with van der Waals surface area (Å²) < 4.78 is 10.3. The molecular weight excluding hydrogens is 531 g/mol. The largest absolute Gasteiger partial charge is 0.456 e. The topological polar surface area (TPSA) is 156 Å². The monoisotopic (exact) mass is 544 g/mol. The number of rotatable bonds is 6. The van der Waals surface area contributed by atoms with E-state index in [1.807, 2.05) is 0 Å². The van der Waals surface area contributed by atoms with Gasteiger partial charge in [0.15, 0.2) is 5.78 Å². The molecule has 1 aliphatic heterocycles. The van der Waals surface area contributed by atoms with Gasteiger partial charge < -0.3 is 9.47 Å². The minimum atomic E-state index is -1.17. The molecule has 0 fully saturated rings. The minimum Gasteiger partial charge on any atom is -0.456 e. The van der Waals surface area contributed by atoms with Crippen LogP contribution in [0.4, 0.5) is 11.4 Å². The first-order valence-electron chi connectivity index (χ1n) is 9.43. The van der Waals surface area contributed by atoms with Gasteiger partial charge in [0.05, 0.1) is 38.0 Å². The molecule has 14 heteroatoms. The second-order valence-electron chi connectivity index (χ2n) is 7.25. The quantitative estimate of drug-likeness (QED) is 0.147. The Labute approximate surface area is 212 Å². The van der Waals surface area contributed by atoms with Gasteiger partial charge >= 0.3 is 5.97 Å². The Bertz CT molecular complexity index is 1260.